The summed E-state index contributed by atoms with van der Waals surface area (Å²) in [6.45, 7) is 2.29. The molecule has 13 nitrogen and oxygen atoms in total. The highest BCUT2D eigenvalue weighted by molar-refractivity contribution is 6.13. The zero-order chi connectivity index (χ0) is 29.4. The first-order valence-electron chi connectivity index (χ1n) is 14.4. The number of hydrogen-bond acceptors (Lipinski definition) is 9. The second-order valence-corrected chi connectivity index (χ2v) is 11.6. The van der Waals surface area contributed by atoms with Crippen molar-refractivity contribution in [3.05, 3.63) is 81.9 Å². The summed E-state index contributed by atoms with van der Waals surface area (Å²) >= 11 is 0. The fourth-order valence-corrected chi connectivity index (χ4v) is 5.80. The van der Waals surface area contributed by atoms with Crippen molar-refractivity contribution < 1.29 is 9.59 Å². The monoisotopic (exact) mass is 576 g/mol. The van der Waals surface area contributed by atoms with Gasteiger partial charge in [-0.3, -0.25) is 19.4 Å². The lowest BCUT2D eigenvalue weighted by Gasteiger charge is -2.17. The average Bonchev–Trinajstić information content (AvgIpc) is 3.93. The van der Waals surface area contributed by atoms with E-state index in [4.69, 9.17) is 9.97 Å². The Hall–Kier alpha value is -5.20. The number of imidazole rings is 1. The zero-order valence-electron chi connectivity index (χ0n) is 23.6. The maximum Gasteiger partial charge on any atom is 0.331 e. The molecule has 5 aromatic heterocycles. The van der Waals surface area contributed by atoms with Gasteiger partial charge in [-0.05, 0) is 49.8 Å². The predicted octanol–water partition coefficient (Wildman–Crippen LogP) is 3.22. The number of nitrogens with one attached hydrogen (secondary N) is 2. The topological polar surface area (TPSA) is 154 Å². The molecule has 3 amide bonds. The third kappa shape index (κ3) is 4.47. The number of aromatic nitrogens is 7. The molecular formula is C30H28N10O3. The van der Waals surface area contributed by atoms with Crippen molar-refractivity contribution in [1.82, 2.24) is 39.2 Å². The van der Waals surface area contributed by atoms with Crippen LogP contribution in [-0.2, 0) is 11.3 Å². The van der Waals surface area contributed by atoms with Crippen molar-refractivity contribution in [2.75, 3.05) is 23.8 Å². The zero-order valence-corrected chi connectivity index (χ0v) is 23.6. The Morgan fingerprint density at radius 2 is 1.91 bits per heavy atom. The first kappa shape index (κ1) is 25.5. The van der Waals surface area contributed by atoms with E-state index in [0.717, 1.165) is 46.9 Å². The summed E-state index contributed by atoms with van der Waals surface area (Å²) in [5.41, 5.74) is 4.35. The molecule has 2 saturated carbocycles. The number of aryl methyl sites for hydroxylation is 1. The number of fused-ring (bicyclic) bond motifs is 2. The molecule has 2 atom stereocenters. The highest BCUT2D eigenvalue weighted by Crippen LogP contribution is 2.52. The third-order valence-electron chi connectivity index (χ3n) is 8.47. The van der Waals surface area contributed by atoms with Crippen LogP contribution in [-0.4, -0.2) is 64.7 Å². The van der Waals surface area contributed by atoms with Crippen molar-refractivity contribution >= 4 is 40.0 Å². The van der Waals surface area contributed by atoms with Gasteiger partial charge in [0.15, 0.2) is 5.65 Å². The molecule has 1 aliphatic heterocycles. The number of anilines is 2. The van der Waals surface area contributed by atoms with Crippen molar-refractivity contribution in [3.8, 4) is 0 Å². The van der Waals surface area contributed by atoms with Crippen molar-refractivity contribution in [2.45, 2.75) is 50.5 Å². The molecule has 3 aliphatic rings. The molecule has 0 spiro atoms. The number of carbonyl (C=O) groups is 2. The number of aromatic amines is 1. The van der Waals surface area contributed by atoms with E-state index in [9.17, 15) is 14.4 Å². The van der Waals surface area contributed by atoms with Crippen LogP contribution in [0.25, 0.3) is 16.6 Å². The predicted molar refractivity (Wildman–Crippen MR) is 157 cm³/mol. The van der Waals surface area contributed by atoms with Crippen LogP contribution in [0.1, 0.15) is 65.6 Å². The number of imide groups is 1. The lowest BCUT2D eigenvalue weighted by atomic mass is 10.1. The molecule has 0 radical (unpaired) electrons. The molecule has 1 saturated heterocycles. The van der Waals surface area contributed by atoms with Gasteiger partial charge in [0.05, 0.1) is 28.8 Å². The first-order chi connectivity index (χ1) is 20.8. The maximum absolute atomic E-state index is 12.9. The fraction of sp³-hybridized carbons (Fsp3) is 0.333. The number of pyridine rings is 2. The van der Waals surface area contributed by atoms with E-state index in [0.29, 0.717) is 46.3 Å². The molecule has 8 rings (SSSR count). The lowest BCUT2D eigenvalue weighted by Crippen LogP contribution is -2.30. The molecule has 6 heterocycles. The first-order valence-corrected chi connectivity index (χ1v) is 14.4. The van der Waals surface area contributed by atoms with Gasteiger partial charge in [0.25, 0.3) is 5.56 Å². The molecule has 13 heteroatoms. The molecule has 43 heavy (non-hydrogen) atoms. The Kier molecular flexibility index (Phi) is 5.58. The SMILES string of the molecule is Cc1ccnc([C@H]2C[C@@H]2c2nc3cc(NCc4cn5cc(C6CC6)cc(N6CC(=O)N(C)C6=O)c5n4)ncc3c(=O)[nH]2)n1. The van der Waals surface area contributed by atoms with E-state index in [1.54, 1.807) is 12.3 Å². The average molecular weight is 577 g/mol. The molecule has 5 aromatic rings. The molecule has 2 N–H and O–H groups in total. The van der Waals surface area contributed by atoms with Gasteiger partial charge in [-0.15, -0.1) is 0 Å². The molecule has 0 aromatic carbocycles. The molecule has 0 bridgehead atoms. The third-order valence-corrected chi connectivity index (χ3v) is 8.47. The quantitative estimate of drug-likeness (QED) is 0.278. The van der Waals surface area contributed by atoms with Crippen molar-refractivity contribution in [2.24, 2.45) is 0 Å². The van der Waals surface area contributed by atoms with Gasteiger partial charge >= 0.3 is 6.03 Å². The van der Waals surface area contributed by atoms with E-state index < -0.39 is 0 Å². The van der Waals surface area contributed by atoms with Crippen molar-refractivity contribution in [1.29, 1.82) is 0 Å². The lowest BCUT2D eigenvalue weighted by molar-refractivity contribution is -0.123. The summed E-state index contributed by atoms with van der Waals surface area (Å²) in [5.74, 6) is 2.37. The second kappa shape index (κ2) is 9.41. The Balaban J connectivity index is 1.06. The number of nitrogens with zero attached hydrogens (tertiary/aromatic N) is 8. The number of amides is 3. The minimum Gasteiger partial charge on any atom is -0.364 e. The van der Waals surface area contributed by atoms with E-state index >= 15 is 0 Å². The Labute approximate surface area is 245 Å². The van der Waals surface area contributed by atoms with Gasteiger partial charge in [-0.2, -0.15) is 0 Å². The fourth-order valence-electron chi connectivity index (χ4n) is 5.80. The molecular weight excluding hydrogens is 548 g/mol. The smallest absolute Gasteiger partial charge is 0.331 e. The minimum atomic E-state index is -0.353. The Morgan fingerprint density at radius 1 is 1.05 bits per heavy atom. The number of hydrogen-bond donors (Lipinski definition) is 2. The number of likely N-dealkylation sites (N-methyl/N-ethyl adjacent to an activating group) is 1. The number of H-pyrrole nitrogens is 1. The van der Waals surface area contributed by atoms with Crippen LogP contribution in [0.15, 0.2) is 47.8 Å². The largest absolute Gasteiger partial charge is 0.364 e. The van der Waals surface area contributed by atoms with Gasteiger partial charge in [-0.1, -0.05) is 0 Å². The summed E-state index contributed by atoms with van der Waals surface area (Å²) in [4.78, 5) is 66.4. The van der Waals surface area contributed by atoms with Gasteiger partial charge in [0.2, 0.25) is 5.91 Å². The summed E-state index contributed by atoms with van der Waals surface area (Å²) in [6.07, 6.45) is 10.3. The Bertz CT molecular complexity index is 2030. The van der Waals surface area contributed by atoms with Gasteiger partial charge in [0, 0.05) is 55.4 Å². The minimum absolute atomic E-state index is 0.00565. The number of urea groups is 1. The van der Waals surface area contributed by atoms with E-state index in [1.165, 1.54) is 18.1 Å². The van der Waals surface area contributed by atoms with Gasteiger partial charge < -0.3 is 14.7 Å². The molecule has 0 unspecified atom stereocenters. The van der Waals surface area contributed by atoms with Crippen LogP contribution >= 0.6 is 0 Å². The van der Waals surface area contributed by atoms with Crippen LogP contribution in [0, 0.1) is 6.92 Å². The Morgan fingerprint density at radius 3 is 2.67 bits per heavy atom. The molecule has 216 valence electrons. The second-order valence-electron chi connectivity index (χ2n) is 11.6. The van der Waals surface area contributed by atoms with Crippen molar-refractivity contribution in [3.63, 3.8) is 0 Å². The van der Waals surface area contributed by atoms with E-state index in [1.807, 2.05) is 29.7 Å². The van der Waals surface area contributed by atoms with Crippen LogP contribution < -0.4 is 15.8 Å². The molecule has 2 aliphatic carbocycles. The van der Waals surface area contributed by atoms with Crippen LogP contribution in [0.5, 0.6) is 0 Å². The highest BCUT2D eigenvalue weighted by atomic mass is 16.2. The van der Waals surface area contributed by atoms with Gasteiger partial charge in [-0.25, -0.2) is 29.7 Å². The van der Waals surface area contributed by atoms with Gasteiger partial charge in [0.1, 0.15) is 24.0 Å². The summed E-state index contributed by atoms with van der Waals surface area (Å²) in [5, 5.41) is 3.71. The van der Waals surface area contributed by atoms with Crippen LogP contribution in [0.4, 0.5) is 16.3 Å². The summed E-state index contributed by atoms with van der Waals surface area (Å²) < 4.78 is 1.93. The van der Waals surface area contributed by atoms with Crippen LogP contribution in [0.3, 0.4) is 0 Å². The van der Waals surface area contributed by atoms with E-state index in [-0.39, 0.29) is 35.9 Å². The molecule has 3 fully saturated rings. The highest BCUT2D eigenvalue weighted by Gasteiger charge is 2.44. The summed E-state index contributed by atoms with van der Waals surface area (Å²) in [6, 6.07) is 5.27. The standard InChI is InChI=1S/C30H28N10O3/c1-15-5-6-31-26(34-15)19-8-20(19)27-36-22-9-24(33-11-21(22)29(42)37-27)32-10-18-13-39-12-17(16-3-4-16)7-23(28(39)35-18)40-14-25(41)38(2)30(40)43/h5-7,9,11-13,16,19-20H,3-4,8,10,14H2,1-2H3,(H,32,33)(H,36,37,42)/t19-,20-/m0/s1. The van der Waals surface area contributed by atoms with Crippen LogP contribution in [0.2, 0.25) is 0 Å². The summed E-state index contributed by atoms with van der Waals surface area (Å²) in [7, 11) is 1.50. The number of carbonyl (C=O) groups excluding carboxylic acids is 2. The maximum atomic E-state index is 12.9. The number of rotatable bonds is 7. The normalized spacial score (nSPS) is 20.0. The van der Waals surface area contributed by atoms with E-state index in [2.05, 4.69) is 31.4 Å².